The standard InChI is InChI=1S/C12H12Cl3NO3/c13-6-4-7(14)11(18)10(9(6)15)16-12(19)5-2-1-3-8(5)17/h4-5,8,17-18H,1-3H2,(H,16,19). The maximum atomic E-state index is 12.0. The van der Waals surface area contributed by atoms with Gasteiger partial charge in [0.05, 0.1) is 27.1 Å². The van der Waals surface area contributed by atoms with E-state index in [1.807, 2.05) is 0 Å². The predicted octanol–water partition coefficient (Wildman–Crippen LogP) is 3.45. The van der Waals surface area contributed by atoms with Crippen molar-refractivity contribution in [2.24, 2.45) is 5.92 Å². The van der Waals surface area contributed by atoms with Gasteiger partial charge in [-0.2, -0.15) is 0 Å². The van der Waals surface area contributed by atoms with Crippen molar-refractivity contribution in [2.75, 3.05) is 5.32 Å². The van der Waals surface area contributed by atoms with Gasteiger partial charge >= 0.3 is 0 Å². The van der Waals surface area contributed by atoms with Crippen LogP contribution in [0.3, 0.4) is 0 Å². The SMILES string of the molecule is O=C(Nc1c(O)c(Cl)cc(Cl)c1Cl)C1CCCC1O. The number of rotatable bonds is 2. The molecule has 1 aliphatic rings. The number of halogens is 3. The monoisotopic (exact) mass is 323 g/mol. The first-order chi connectivity index (χ1) is 8.91. The lowest BCUT2D eigenvalue weighted by Crippen LogP contribution is -2.28. The minimum Gasteiger partial charge on any atom is -0.504 e. The van der Waals surface area contributed by atoms with Crippen LogP contribution in [0.15, 0.2) is 6.07 Å². The normalized spacial score (nSPS) is 22.5. The van der Waals surface area contributed by atoms with Gasteiger partial charge in [0, 0.05) is 0 Å². The highest BCUT2D eigenvalue weighted by Gasteiger charge is 2.32. The molecule has 0 bridgehead atoms. The second kappa shape index (κ2) is 5.75. The summed E-state index contributed by atoms with van der Waals surface area (Å²) in [5.74, 6) is -1.24. The minimum atomic E-state index is -0.671. The summed E-state index contributed by atoms with van der Waals surface area (Å²) in [6.07, 6.45) is 1.30. The molecule has 1 aromatic rings. The Hall–Kier alpha value is -0.680. The van der Waals surface area contributed by atoms with E-state index in [4.69, 9.17) is 34.8 Å². The number of benzene rings is 1. The molecule has 1 aliphatic carbocycles. The van der Waals surface area contributed by atoms with Gasteiger partial charge < -0.3 is 15.5 Å². The van der Waals surface area contributed by atoms with E-state index < -0.39 is 17.9 Å². The van der Waals surface area contributed by atoms with Gasteiger partial charge in [-0.3, -0.25) is 4.79 Å². The first-order valence-electron chi connectivity index (χ1n) is 5.77. The number of aliphatic hydroxyl groups is 1. The molecule has 0 radical (unpaired) electrons. The van der Waals surface area contributed by atoms with Crippen LogP contribution >= 0.6 is 34.8 Å². The number of hydrogen-bond acceptors (Lipinski definition) is 3. The number of phenols is 1. The van der Waals surface area contributed by atoms with Crippen LogP contribution in [0.4, 0.5) is 5.69 Å². The van der Waals surface area contributed by atoms with Crippen molar-refractivity contribution in [3.05, 3.63) is 21.1 Å². The highest BCUT2D eigenvalue weighted by atomic mass is 35.5. The Morgan fingerprint density at radius 3 is 2.53 bits per heavy atom. The Kier molecular flexibility index (Phi) is 4.46. The van der Waals surface area contributed by atoms with Gasteiger partial charge in [-0.1, -0.05) is 34.8 Å². The van der Waals surface area contributed by atoms with E-state index in [0.29, 0.717) is 12.8 Å². The number of aliphatic hydroxyl groups excluding tert-OH is 1. The maximum absolute atomic E-state index is 12.0. The van der Waals surface area contributed by atoms with Crippen molar-refractivity contribution in [1.82, 2.24) is 0 Å². The zero-order chi connectivity index (χ0) is 14.2. The summed E-state index contributed by atoms with van der Waals surface area (Å²) in [7, 11) is 0. The third-order valence-corrected chi connectivity index (χ3v) is 4.29. The Labute approximate surface area is 125 Å². The number of hydrogen-bond donors (Lipinski definition) is 3. The molecule has 4 nitrogen and oxygen atoms in total. The lowest BCUT2D eigenvalue weighted by molar-refractivity contribution is -0.122. The van der Waals surface area contributed by atoms with Gasteiger partial charge in [-0.25, -0.2) is 0 Å². The second-order valence-corrected chi connectivity index (χ2v) is 5.66. The van der Waals surface area contributed by atoms with E-state index in [9.17, 15) is 15.0 Å². The Morgan fingerprint density at radius 2 is 1.95 bits per heavy atom. The Bertz CT molecular complexity index is 495. The van der Waals surface area contributed by atoms with Crippen molar-refractivity contribution in [2.45, 2.75) is 25.4 Å². The highest BCUT2D eigenvalue weighted by molar-refractivity contribution is 6.46. The highest BCUT2D eigenvalue weighted by Crippen LogP contribution is 2.43. The van der Waals surface area contributed by atoms with Crippen LogP contribution in [-0.2, 0) is 4.79 Å². The zero-order valence-corrected chi connectivity index (χ0v) is 12.1. The first kappa shape index (κ1) is 14.7. The number of amides is 1. The fourth-order valence-corrected chi connectivity index (χ4v) is 2.82. The number of carbonyl (C=O) groups excluding carboxylic acids is 1. The largest absolute Gasteiger partial charge is 0.504 e. The Morgan fingerprint density at radius 1 is 1.26 bits per heavy atom. The van der Waals surface area contributed by atoms with E-state index >= 15 is 0 Å². The van der Waals surface area contributed by atoms with Gasteiger partial charge in [-0.15, -0.1) is 0 Å². The van der Waals surface area contributed by atoms with Crippen LogP contribution in [0.5, 0.6) is 5.75 Å². The molecule has 0 aromatic heterocycles. The molecule has 3 N–H and O–H groups in total. The molecule has 2 unspecified atom stereocenters. The average Bonchev–Trinajstić information content (AvgIpc) is 2.78. The van der Waals surface area contributed by atoms with E-state index in [-0.39, 0.29) is 26.5 Å². The molecule has 7 heteroatoms. The first-order valence-corrected chi connectivity index (χ1v) is 6.90. The summed E-state index contributed by atoms with van der Waals surface area (Å²) in [5.41, 5.74) is -0.0248. The van der Waals surface area contributed by atoms with E-state index in [1.165, 1.54) is 6.07 Å². The van der Waals surface area contributed by atoms with Crippen molar-refractivity contribution in [3.8, 4) is 5.75 Å². The van der Waals surface area contributed by atoms with Crippen molar-refractivity contribution < 1.29 is 15.0 Å². The van der Waals surface area contributed by atoms with Gasteiger partial charge in [0.25, 0.3) is 0 Å². The Balaban J connectivity index is 2.26. The summed E-state index contributed by atoms with van der Waals surface area (Å²) in [4.78, 5) is 12.0. The van der Waals surface area contributed by atoms with Gasteiger partial charge in [-0.05, 0) is 25.3 Å². The van der Waals surface area contributed by atoms with Gasteiger partial charge in [0.15, 0.2) is 5.75 Å². The summed E-state index contributed by atoms with van der Waals surface area (Å²) in [6.45, 7) is 0. The zero-order valence-electron chi connectivity index (χ0n) is 9.79. The number of carbonyl (C=O) groups is 1. The summed E-state index contributed by atoms with van der Waals surface area (Å²) in [6, 6.07) is 1.29. The van der Waals surface area contributed by atoms with Crippen molar-refractivity contribution in [3.63, 3.8) is 0 Å². The number of aromatic hydroxyl groups is 1. The van der Waals surface area contributed by atoms with E-state index in [0.717, 1.165) is 6.42 Å². The number of phenolic OH excluding ortho intramolecular Hbond substituents is 1. The molecule has 2 atom stereocenters. The van der Waals surface area contributed by atoms with Crippen molar-refractivity contribution >= 4 is 46.4 Å². The summed E-state index contributed by atoms with van der Waals surface area (Å²) < 4.78 is 0. The molecule has 104 valence electrons. The van der Waals surface area contributed by atoms with E-state index in [2.05, 4.69) is 5.32 Å². The third-order valence-electron chi connectivity index (χ3n) is 3.21. The van der Waals surface area contributed by atoms with Crippen molar-refractivity contribution in [1.29, 1.82) is 0 Å². The summed E-state index contributed by atoms with van der Waals surface area (Å²) in [5, 5.41) is 22.1. The smallest absolute Gasteiger partial charge is 0.230 e. The van der Waals surface area contributed by atoms with E-state index in [1.54, 1.807) is 0 Å². The maximum Gasteiger partial charge on any atom is 0.230 e. The molecule has 1 saturated carbocycles. The third kappa shape index (κ3) is 2.92. The lowest BCUT2D eigenvalue weighted by atomic mass is 10.1. The molecular formula is C12H12Cl3NO3. The molecular weight excluding hydrogens is 312 g/mol. The number of anilines is 1. The summed E-state index contributed by atoms with van der Waals surface area (Å²) >= 11 is 17.5. The predicted molar refractivity (Wildman–Crippen MR) is 75.1 cm³/mol. The van der Waals surface area contributed by atoms with Gasteiger partial charge in [0.2, 0.25) is 5.91 Å². The molecule has 2 rings (SSSR count). The molecule has 0 heterocycles. The molecule has 0 aliphatic heterocycles. The van der Waals surface area contributed by atoms with Crippen LogP contribution in [0, 0.1) is 5.92 Å². The quantitative estimate of drug-likeness (QED) is 0.576. The van der Waals surface area contributed by atoms with Crippen LogP contribution in [0.25, 0.3) is 0 Å². The minimum absolute atomic E-state index is 0.00308. The molecule has 1 fully saturated rings. The molecule has 1 aromatic carbocycles. The molecule has 19 heavy (non-hydrogen) atoms. The average molecular weight is 325 g/mol. The van der Waals surface area contributed by atoms with Crippen LogP contribution in [0.1, 0.15) is 19.3 Å². The molecule has 0 saturated heterocycles. The van der Waals surface area contributed by atoms with Crippen LogP contribution in [-0.4, -0.2) is 22.2 Å². The molecule has 1 amide bonds. The fraction of sp³-hybridized carbons (Fsp3) is 0.417. The lowest BCUT2D eigenvalue weighted by Gasteiger charge is -2.16. The molecule has 0 spiro atoms. The second-order valence-electron chi connectivity index (χ2n) is 4.47. The number of nitrogens with one attached hydrogen (secondary N) is 1. The van der Waals surface area contributed by atoms with Crippen LogP contribution < -0.4 is 5.32 Å². The topological polar surface area (TPSA) is 69.6 Å². The fourth-order valence-electron chi connectivity index (χ4n) is 2.16. The van der Waals surface area contributed by atoms with Gasteiger partial charge in [0.1, 0.15) is 5.69 Å². The van der Waals surface area contributed by atoms with Crippen LogP contribution in [0.2, 0.25) is 15.1 Å².